The fourth-order valence-electron chi connectivity index (χ4n) is 1.32. The highest BCUT2D eigenvalue weighted by atomic mass is 35.5. The van der Waals surface area contributed by atoms with E-state index in [1.165, 1.54) is 0 Å². The first-order chi connectivity index (χ1) is 7.61. The van der Waals surface area contributed by atoms with Gasteiger partial charge in [0.05, 0.1) is 0 Å². The zero-order chi connectivity index (χ0) is 12.0. The molecule has 0 aromatic carbocycles. The standard InChI is InChI=1S/C11H19ClN4/c1-4-9-8-10(12)15-11(14-9)13-6-5-7-16(2)3/h8H,4-7H2,1-3H3,(H,13,14,15). The average Bonchev–Trinajstić information content (AvgIpc) is 2.23. The van der Waals surface area contributed by atoms with Crippen molar-refractivity contribution in [3.8, 4) is 0 Å². The first-order valence-corrected chi connectivity index (χ1v) is 5.91. The van der Waals surface area contributed by atoms with Crippen LogP contribution in [-0.2, 0) is 6.42 Å². The van der Waals surface area contributed by atoms with Gasteiger partial charge in [-0.25, -0.2) is 9.97 Å². The fraction of sp³-hybridized carbons (Fsp3) is 0.636. The van der Waals surface area contributed by atoms with E-state index in [1.54, 1.807) is 6.07 Å². The molecule has 0 unspecified atom stereocenters. The minimum Gasteiger partial charge on any atom is -0.354 e. The summed E-state index contributed by atoms with van der Waals surface area (Å²) in [6, 6.07) is 1.80. The quantitative estimate of drug-likeness (QED) is 0.613. The van der Waals surface area contributed by atoms with E-state index in [0.717, 1.165) is 31.6 Å². The van der Waals surface area contributed by atoms with Gasteiger partial charge in [-0.3, -0.25) is 0 Å². The van der Waals surface area contributed by atoms with Crippen LogP contribution < -0.4 is 5.32 Å². The van der Waals surface area contributed by atoms with Crippen molar-refractivity contribution in [1.82, 2.24) is 14.9 Å². The van der Waals surface area contributed by atoms with Crippen molar-refractivity contribution in [2.75, 3.05) is 32.5 Å². The maximum absolute atomic E-state index is 5.89. The molecule has 0 amide bonds. The van der Waals surface area contributed by atoms with Crippen LogP contribution in [0.5, 0.6) is 0 Å². The molecule has 0 radical (unpaired) electrons. The summed E-state index contributed by atoms with van der Waals surface area (Å²) in [4.78, 5) is 10.6. The van der Waals surface area contributed by atoms with E-state index in [-0.39, 0.29) is 0 Å². The Morgan fingerprint density at radius 2 is 2.12 bits per heavy atom. The summed E-state index contributed by atoms with van der Waals surface area (Å²) in [6.07, 6.45) is 1.93. The van der Waals surface area contributed by atoms with Crippen LogP contribution in [-0.4, -0.2) is 42.1 Å². The molecule has 0 aliphatic rings. The number of rotatable bonds is 6. The number of anilines is 1. The van der Waals surface area contributed by atoms with Crippen LogP contribution in [0.2, 0.25) is 5.15 Å². The van der Waals surface area contributed by atoms with E-state index >= 15 is 0 Å². The molecule has 0 bridgehead atoms. The third-order valence-electron chi connectivity index (χ3n) is 2.18. The fourth-order valence-corrected chi connectivity index (χ4v) is 1.53. The minimum absolute atomic E-state index is 0.502. The van der Waals surface area contributed by atoms with Crippen LogP contribution in [0.3, 0.4) is 0 Å². The highest BCUT2D eigenvalue weighted by Crippen LogP contribution is 2.10. The van der Waals surface area contributed by atoms with Crippen LogP contribution in [0.15, 0.2) is 6.07 Å². The van der Waals surface area contributed by atoms with Gasteiger partial charge in [0.15, 0.2) is 0 Å². The molecule has 1 aromatic rings. The van der Waals surface area contributed by atoms with Gasteiger partial charge in [0.25, 0.3) is 0 Å². The van der Waals surface area contributed by atoms with Crippen LogP contribution in [0.1, 0.15) is 19.0 Å². The van der Waals surface area contributed by atoms with Crippen LogP contribution in [0, 0.1) is 0 Å². The molecule has 0 aliphatic carbocycles. The lowest BCUT2D eigenvalue weighted by Crippen LogP contribution is -2.17. The molecule has 1 heterocycles. The molecule has 1 rings (SSSR count). The molecule has 16 heavy (non-hydrogen) atoms. The zero-order valence-corrected chi connectivity index (χ0v) is 10.9. The summed E-state index contributed by atoms with van der Waals surface area (Å²) in [5.74, 6) is 0.628. The number of hydrogen-bond acceptors (Lipinski definition) is 4. The molecule has 0 fully saturated rings. The molecular formula is C11H19ClN4. The average molecular weight is 243 g/mol. The maximum Gasteiger partial charge on any atom is 0.224 e. The first kappa shape index (κ1) is 13.2. The Kier molecular flexibility index (Phi) is 5.49. The topological polar surface area (TPSA) is 41.1 Å². The Bertz CT molecular complexity index is 328. The Morgan fingerprint density at radius 1 is 1.38 bits per heavy atom. The van der Waals surface area contributed by atoms with Crippen LogP contribution in [0.4, 0.5) is 5.95 Å². The van der Waals surface area contributed by atoms with E-state index < -0.39 is 0 Å². The Balaban J connectivity index is 2.44. The van der Waals surface area contributed by atoms with Crippen molar-refractivity contribution in [2.24, 2.45) is 0 Å². The summed E-state index contributed by atoms with van der Waals surface area (Å²) in [5, 5.41) is 3.68. The van der Waals surface area contributed by atoms with Gasteiger partial charge in [-0.05, 0) is 39.5 Å². The van der Waals surface area contributed by atoms with Crippen molar-refractivity contribution in [3.05, 3.63) is 16.9 Å². The van der Waals surface area contributed by atoms with Gasteiger partial charge in [0.2, 0.25) is 5.95 Å². The van der Waals surface area contributed by atoms with Gasteiger partial charge in [-0.15, -0.1) is 0 Å². The van der Waals surface area contributed by atoms with Gasteiger partial charge in [0.1, 0.15) is 5.15 Å². The number of nitrogens with one attached hydrogen (secondary N) is 1. The Hall–Kier alpha value is -0.870. The molecule has 0 saturated heterocycles. The lowest BCUT2D eigenvalue weighted by Gasteiger charge is -2.10. The number of aryl methyl sites for hydroxylation is 1. The third kappa shape index (κ3) is 4.77. The van der Waals surface area contributed by atoms with Crippen molar-refractivity contribution in [1.29, 1.82) is 0 Å². The van der Waals surface area contributed by atoms with Gasteiger partial charge in [-0.2, -0.15) is 0 Å². The highest BCUT2D eigenvalue weighted by Gasteiger charge is 2.01. The Labute approximate surface area is 102 Å². The highest BCUT2D eigenvalue weighted by molar-refractivity contribution is 6.29. The molecule has 0 spiro atoms. The smallest absolute Gasteiger partial charge is 0.224 e. The summed E-state index contributed by atoms with van der Waals surface area (Å²) in [7, 11) is 4.12. The second kappa shape index (κ2) is 6.66. The van der Waals surface area contributed by atoms with E-state index in [0.29, 0.717) is 11.1 Å². The normalized spacial score (nSPS) is 10.8. The van der Waals surface area contributed by atoms with Gasteiger partial charge < -0.3 is 10.2 Å². The summed E-state index contributed by atoms with van der Waals surface area (Å²) >= 11 is 5.89. The van der Waals surface area contributed by atoms with Crippen molar-refractivity contribution in [2.45, 2.75) is 19.8 Å². The van der Waals surface area contributed by atoms with E-state index in [9.17, 15) is 0 Å². The third-order valence-corrected chi connectivity index (χ3v) is 2.37. The van der Waals surface area contributed by atoms with E-state index in [4.69, 9.17) is 11.6 Å². The number of hydrogen-bond donors (Lipinski definition) is 1. The number of halogens is 1. The van der Waals surface area contributed by atoms with Gasteiger partial charge in [0, 0.05) is 12.2 Å². The number of nitrogens with zero attached hydrogens (tertiary/aromatic N) is 3. The lowest BCUT2D eigenvalue weighted by atomic mass is 10.3. The summed E-state index contributed by atoms with van der Waals surface area (Å²) in [6.45, 7) is 3.96. The minimum atomic E-state index is 0.502. The molecule has 4 nitrogen and oxygen atoms in total. The van der Waals surface area contributed by atoms with E-state index in [1.807, 2.05) is 0 Å². The van der Waals surface area contributed by atoms with Gasteiger partial charge >= 0.3 is 0 Å². The maximum atomic E-state index is 5.89. The molecule has 90 valence electrons. The monoisotopic (exact) mass is 242 g/mol. The summed E-state index contributed by atoms with van der Waals surface area (Å²) < 4.78 is 0. The lowest BCUT2D eigenvalue weighted by molar-refractivity contribution is 0.405. The van der Waals surface area contributed by atoms with E-state index in [2.05, 4.69) is 41.2 Å². The summed E-state index contributed by atoms with van der Waals surface area (Å²) in [5.41, 5.74) is 0.968. The molecular weight excluding hydrogens is 224 g/mol. The molecule has 1 aromatic heterocycles. The molecule has 0 atom stereocenters. The van der Waals surface area contributed by atoms with Crippen LogP contribution >= 0.6 is 11.6 Å². The second-order valence-electron chi connectivity index (χ2n) is 3.94. The molecule has 0 aliphatic heterocycles. The first-order valence-electron chi connectivity index (χ1n) is 5.54. The number of aromatic nitrogens is 2. The molecule has 1 N–H and O–H groups in total. The molecule has 5 heteroatoms. The molecule has 0 saturated carbocycles. The van der Waals surface area contributed by atoms with Crippen molar-refractivity contribution in [3.63, 3.8) is 0 Å². The second-order valence-corrected chi connectivity index (χ2v) is 4.33. The van der Waals surface area contributed by atoms with Gasteiger partial charge in [-0.1, -0.05) is 18.5 Å². The van der Waals surface area contributed by atoms with Crippen LogP contribution in [0.25, 0.3) is 0 Å². The largest absolute Gasteiger partial charge is 0.354 e. The SMILES string of the molecule is CCc1cc(Cl)nc(NCCCN(C)C)n1. The Morgan fingerprint density at radius 3 is 2.75 bits per heavy atom. The predicted molar refractivity (Wildman–Crippen MR) is 68.1 cm³/mol. The van der Waals surface area contributed by atoms with Crippen molar-refractivity contribution >= 4 is 17.5 Å². The predicted octanol–water partition coefficient (Wildman–Crippen LogP) is 2.06. The zero-order valence-electron chi connectivity index (χ0n) is 10.1. The van der Waals surface area contributed by atoms with Crippen molar-refractivity contribution < 1.29 is 0 Å².